The third-order valence-electron chi connectivity index (χ3n) is 3.48. The van der Waals surface area contributed by atoms with E-state index in [1.54, 1.807) is 4.90 Å². The second-order valence-electron chi connectivity index (χ2n) is 4.95. The normalized spacial score (nSPS) is 10.2. The molecule has 0 aliphatic rings. The lowest BCUT2D eigenvalue weighted by Gasteiger charge is -2.19. The molecule has 1 rings (SSSR count). The number of urea groups is 1. The molecule has 4 heteroatoms. The van der Waals surface area contributed by atoms with E-state index in [0.717, 1.165) is 24.4 Å². The highest BCUT2D eigenvalue weighted by molar-refractivity contribution is 5.74. The van der Waals surface area contributed by atoms with E-state index < -0.39 is 0 Å². The van der Waals surface area contributed by atoms with Gasteiger partial charge >= 0.3 is 6.03 Å². The first-order valence-corrected chi connectivity index (χ1v) is 7.23. The molecule has 0 aromatic heterocycles. The first-order valence-electron chi connectivity index (χ1n) is 7.23. The van der Waals surface area contributed by atoms with E-state index in [4.69, 9.17) is 4.74 Å². The van der Waals surface area contributed by atoms with Crippen LogP contribution in [0.2, 0.25) is 0 Å². The van der Waals surface area contributed by atoms with Crippen molar-refractivity contribution in [3.63, 3.8) is 0 Å². The molecule has 0 radical (unpaired) electrons. The van der Waals surface area contributed by atoms with Crippen LogP contribution in [0.1, 0.15) is 30.5 Å². The van der Waals surface area contributed by atoms with Gasteiger partial charge in [0.25, 0.3) is 0 Å². The van der Waals surface area contributed by atoms with Crippen molar-refractivity contribution in [2.75, 3.05) is 26.2 Å². The summed E-state index contributed by atoms with van der Waals surface area (Å²) in [6, 6.07) is 4.14. The molecule has 0 aliphatic carbocycles. The molecule has 2 amide bonds. The monoisotopic (exact) mass is 278 g/mol. The number of nitrogens with zero attached hydrogens (tertiary/aromatic N) is 1. The third kappa shape index (κ3) is 4.44. The Bertz CT molecular complexity index is 454. The van der Waals surface area contributed by atoms with Crippen molar-refractivity contribution in [3.05, 3.63) is 28.8 Å². The summed E-state index contributed by atoms with van der Waals surface area (Å²) in [5.74, 6) is 0.894. The maximum atomic E-state index is 11.7. The van der Waals surface area contributed by atoms with Crippen molar-refractivity contribution in [3.8, 4) is 5.75 Å². The summed E-state index contributed by atoms with van der Waals surface area (Å²) in [4.78, 5) is 13.5. The van der Waals surface area contributed by atoms with Gasteiger partial charge < -0.3 is 15.0 Å². The summed E-state index contributed by atoms with van der Waals surface area (Å²) in [5.41, 5.74) is 3.62. The zero-order chi connectivity index (χ0) is 15.1. The zero-order valence-corrected chi connectivity index (χ0v) is 13.2. The molecule has 0 heterocycles. The number of benzene rings is 1. The fourth-order valence-electron chi connectivity index (χ4n) is 2.03. The van der Waals surface area contributed by atoms with Gasteiger partial charge in [-0.15, -0.1) is 0 Å². The van der Waals surface area contributed by atoms with Gasteiger partial charge in [0.05, 0.1) is 6.54 Å². The average Bonchev–Trinajstić information content (AvgIpc) is 2.41. The van der Waals surface area contributed by atoms with Gasteiger partial charge in [-0.25, -0.2) is 4.79 Å². The van der Waals surface area contributed by atoms with Crippen molar-refractivity contribution in [1.29, 1.82) is 0 Å². The van der Waals surface area contributed by atoms with Crippen LogP contribution in [0.15, 0.2) is 12.1 Å². The summed E-state index contributed by atoms with van der Waals surface area (Å²) in [6.45, 7) is 12.6. The minimum atomic E-state index is -0.0320. The highest BCUT2D eigenvalue weighted by Crippen LogP contribution is 2.22. The Labute approximate surface area is 122 Å². The lowest BCUT2D eigenvalue weighted by molar-refractivity contribution is 0.200. The predicted octanol–water partition coefficient (Wildman–Crippen LogP) is 3.04. The average molecular weight is 278 g/mol. The summed E-state index contributed by atoms with van der Waals surface area (Å²) in [6.07, 6.45) is 0. The van der Waals surface area contributed by atoms with Gasteiger partial charge in [0.1, 0.15) is 12.4 Å². The quantitative estimate of drug-likeness (QED) is 0.813. The van der Waals surface area contributed by atoms with Crippen LogP contribution < -0.4 is 10.1 Å². The molecule has 0 aliphatic heterocycles. The molecule has 4 nitrogen and oxygen atoms in total. The molecule has 20 heavy (non-hydrogen) atoms. The van der Waals surface area contributed by atoms with Crippen molar-refractivity contribution >= 4 is 6.03 Å². The van der Waals surface area contributed by atoms with Gasteiger partial charge in [0.2, 0.25) is 0 Å². The van der Waals surface area contributed by atoms with Gasteiger partial charge in [0.15, 0.2) is 0 Å². The van der Waals surface area contributed by atoms with Gasteiger partial charge in [-0.3, -0.25) is 0 Å². The van der Waals surface area contributed by atoms with Crippen molar-refractivity contribution in [2.24, 2.45) is 0 Å². The molecule has 0 bridgehead atoms. The minimum absolute atomic E-state index is 0.0320. The first-order chi connectivity index (χ1) is 9.49. The van der Waals surface area contributed by atoms with E-state index >= 15 is 0 Å². The molecule has 1 aromatic rings. The van der Waals surface area contributed by atoms with Crippen molar-refractivity contribution < 1.29 is 9.53 Å². The highest BCUT2D eigenvalue weighted by Gasteiger charge is 2.08. The highest BCUT2D eigenvalue weighted by atomic mass is 16.5. The molecular weight excluding hydrogens is 252 g/mol. The number of hydrogen-bond donors (Lipinski definition) is 1. The Hall–Kier alpha value is -1.71. The van der Waals surface area contributed by atoms with Crippen LogP contribution in [0.3, 0.4) is 0 Å². The van der Waals surface area contributed by atoms with Gasteiger partial charge in [-0.1, -0.05) is 6.07 Å². The Morgan fingerprint density at radius 3 is 2.30 bits per heavy atom. The molecule has 0 saturated carbocycles. The third-order valence-corrected chi connectivity index (χ3v) is 3.48. The Morgan fingerprint density at radius 1 is 1.10 bits per heavy atom. The molecule has 0 saturated heterocycles. The number of carbonyl (C=O) groups excluding carboxylic acids is 1. The van der Waals surface area contributed by atoms with Crippen molar-refractivity contribution in [1.82, 2.24) is 10.2 Å². The number of hydrogen-bond acceptors (Lipinski definition) is 2. The van der Waals surface area contributed by atoms with E-state index in [9.17, 15) is 4.79 Å². The van der Waals surface area contributed by atoms with Crippen LogP contribution in [-0.2, 0) is 0 Å². The van der Waals surface area contributed by atoms with E-state index in [1.807, 2.05) is 20.8 Å². The topological polar surface area (TPSA) is 41.6 Å². The molecule has 0 spiro atoms. The Balaban J connectivity index is 2.42. The van der Waals surface area contributed by atoms with E-state index in [-0.39, 0.29) is 6.03 Å². The van der Waals surface area contributed by atoms with E-state index in [0.29, 0.717) is 13.2 Å². The van der Waals surface area contributed by atoms with Gasteiger partial charge in [0, 0.05) is 13.1 Å². The molecule has 1 N–H and O–H groups in total. The lowest BCUT2D eigenvalue weighted by Crippen LogP contribution is -2.41. The Morgan fingerprint density at radius 2 is 1.70 bits per heavy atom. The van der Waals surface area contributed by atoms with Crippen LogP contribution in [0.25, 0.3) is 0 Å². The van der Waals surface area contributed by atoms with Gasteiger partial charge in [-0.2, -0.15) is 0 Å². The van der Waals surface area contributed by atoms with E-state index in [1.165, 1.54) is 11.1 Å². The van der Waals surface area contributed by atoms with Crippen molar-refractivity contribution in [2.45, 2.75) is 34.6 Å². The summed E-state index contributed by atoms with van der Waals surface area (Å²) in [5, 5.41) is 2.86. The molecule has 112 valence electrons. The van der Waals surface area contributed by atoms with Gasteiger partial charge in [-0.05, 0) is 57.4 Å². The fraction of sp³-hybridized carbons (Fsp3) is 0.562. The van der Waals surface area contributed by atoms with Crippen LogP contribution in [-0.4, -0.2) is 37.2 Å². The van der Waals surface area contributed by atoms with E-state index in [2.05, 4.69) is 31.3 Å². The smallest absolute Gasteiger partial charge is 0.317 e. The second kappa shape index (κ2) is 7.78. The number of aryl methyl sites for hydroxylation is 3. The predicted molar refractivity (Wildman–Crippen MR) is 82.5 cm³/mol. The van der Waals surface area contributed by atoms with Crippen LogP contribution in [0, 0.1) is 20.8 Å². The zero-order valence-electron chi connectivity index (χ0n) is 13.2. The van der Waals surface area contributed by atoms with Crippen LogP contribution in [0.4, 0.5) is 4.79 Å². The maximum Gasteiger partial charge on any atom is 0.317 e. The Kier molecular flexibility index (Phi) is 6.36. The lowest BCUT2D eigenvalue weighted by atomic mass is 10.1. The second-order valence-corrected chi connectivity index (χ2v) is 4.95. The number of rotatable bonds is 6. The fourth-order valence-corrected chi connectivity index (χ4v) is 2.03. The summed E-state index contributed by atoms with van der Waals surface area (Å²) >= 11 is 0. The maximum absolute atomic E-state index is 11.7. The van der Waals surface area contributed by atoms with Crippen LogP contribution >= 0.6 is 0 Å². The number of amides is 2. The molecule has 0 fully saturated rings. The standard InChI is InChI=1S/C16H26N2O2/c1-6-18(7-2)16(19)17-8-9-20-15-11-13(4)12(3)10-14(15)5/h10-11H,6-9H2,1-5H3,(H,17,19). The molecule has 1 aromatic carbocycles. The number of ether oxygens (including phenoxy) is 1. The summed E-state index contributed by atoms with van der Waals surface area (Å²) < 4.78 is 5.74. The number of nitrogens with one attached hydrogen (secondary N) is 1. The minimum Gasteiger partial charge on any atom is -0.491 e. The first kappa shape index (κ1) is 16.3. The summed E-state index contributed by atoms with van der Waals surface area (Å²) in [7, 11) is 0. The molecule has 0 unspecified atom stereocenters. The number of carbonyl (C=O) groups is 1. The van der Waals surface area contributed by atoms with Crippen LogP contribution in [0.5, 0.6) is 5.75 Å². The largest absolute Gasteiger partial charge is 0.491 e. The SMILES string of the molecule is CCN(CC)C(=O)NCCOc1cc(C)c(C)cc1C. The molecular formula is C16H26N2O2. The molecule has 0 atom stereocenters.